The minimum absolute atomic E-state index is 0.0550. The van der Waals surface area contributed by atoms with Crippen molar-refractivity contribution in [1.29, 1.82) is 0 Å². The van der Waals surface area contributed by atoms with Gasteiger partial charge in [-0.15, -0.1) is 0 Å². The van der Waals surface area contributed by atoms with Crippen molar-refractivity contribution in [1.82, 2.24) is 5.09 Å². The van der Waals surface area contributed by atoms with E-state index in [-0.39, 0.29) is 12.1 Å². The number of aliphatic hydroxyl groups is 1. The number of hydrogen-bond donors (Lipinski definition) is 2. The van der Waals surface area contributed by atoms with Crippen LogP contribution in [0.3, 0.4) is 0 Å². The zero-order valence-corrected chi connectivity index (χ0v) is 6.59. The van der Waals surface area contributed by atoms with Crippen molar-refractivity contribution in [2.45, 2.75) is 25.8 Å². The van der Waals surface area contributed by atoms with Gasteiger partial charge in [-0.2, -0.15) is 0 Å². The van der Waals surface area contributed by atoms with Crippen LogP contribution in [0, 0.1) is 0 Å². The first kappa shape index (κ1) is 8.35. The summed E-state index contributed by atoms with van der Waals surface area (Å²) in [6.45, 7) is 4.32. The summed E-state index contributed by atoms with van der Waals surface area (Å²) in [5, 5.41) is 11.5. The van der Waals surface area contributed by atoms with Gasteiger partial charge in [-0.05, 0) is 20.3 Å². The van der Waals surface area contributed by atoms with Gasteiger partial charge in [-0.1, -0.05) is 9.39 Å². The standard InChI is InChI=1S/C5H14NOP/c1-5(2,6-8)3-4-7/h6-7H,3-4,8H2,1-2H3. The largest absolute Gasteiger partial charge is 0.396 e. The molecule has 0 saturated heterocycles. The van der Waals surface area contributed by atoms with Crippen LogP contribution in [-0.4, -0.2) is 17.3 Å². The molecule has 0 aliphatic heterocycles. The Labute approximate surface area is 52.9 Å². The zero-order valence-electron chi connectivity index (χ0n) is 5.44. The first-order valence-corrected chi connectivity index (χ1v) is 3.29. The molecule has 1 unspecified atom stereocenters. The molecular weight excluding hydrogens is 121 g/mol. The number of nitrogens with one attached hydrogen (secondary N) is 1. The van der Waals surface area contributed by atoms with Crippen LogP contribution >= 0.6 is 9.39 Å². The van der Waals surface area contributed by atoms with Crippen molar-refractivity contribution < 1.29 is 5.11 Å². The number of hydrogen-bond acceptors (Lipinski definition) is 2. The normalized spacial score (nSPS) is 12.0. The monoisotopic (exact) mass is 135 g/mol. The van der Waals surface area contributed by atoms with Gasteiger partial charge in [0, 0.05) is 12.1 Å². The molecule has 50 valence electrons. The lowest BCUT2D eigenvalue weighted by molar-refractivity contribution is 0.247. The molecule has 0 saturated carbocycles. The Morgan fingerprint density at radius 1 is 1.62 bits per heavy atom. The van der Waals surface area contributed by atoms with Gasteiger partial charge in [0.1, 0.15) is 0 Å². The molecule has 0 aromatic rings. The molecule has 0 amide bonds. The summed E-state index contributed by atoms with van der Waals surface area (Å²) in [4.78, 5) is 0. The summed E-state index contributed by atoms with van der Waals surface area (Å²) in [5.41, 5.74) is 0.0550. The predicted octanol–water partition coefficient (Wildman–Crippen LogP) is 0.527. The van der Waals surface area contributed by atoms with Crippen LogP contribution in [0.4, 0.5) is 0 Å². The lowest BCUT2D eigenvalue weighted by Crippen LogP contribution is -2.32. The fourth-order valence-corrected chi connectivity index (χ4v) is 0.496. The highest BCUT2D eigenvalue weighted by molar-refractivity contribution is 7.13. The van der Waals surface area contributed by atoms with Crippen LogP contribution in [0.2, 0.25) is 0 Å². The van der Waals surface area contributed by atoms with Gasteiger partial charge in [0.05, 0.1) is 0 Å². The topological polar surface area (TPSA) is 32.3 Å². The molecule has 8 heavy (non-hydrogen) atoms. The van der Waals surface area contributed by atoms with Crippen LogP contribution in [0.5, 0.6) is 0 Å². The van der Waals surface area contributed by atoms with Crippen molar-refractivity contribution in [3.8, 4) is 0 Å². The van der Waals surface area contributed by atoms with E-state index in [9.17, 15) is 0 Å². The summed E-state index contributed by atoms with van der Waals surface area (Å²) in [6, 6.07) is 0. The molecule has 1 atom stereocenters. The highest BCUT2D eigenvalue weighted by atomic mass is 31.0. The molecule has 3 heteroatoms. The van der Waals surface area contributed by atoms with Crippen LogP contribution in [-0.2, 0) is 0 Å². The third-order valence-electron chi connectivity index (χ3n) is 1.13. The van der Waals surface area contributed by atoms with E-state index in [0.29, 0.717) is 0 Å². The lowest BCUT2D eigenvalue weighted by atomic mass is 10.0. The molecule has 0 aliphatic carbocycles. The second-order valence-corrected chi connectivity index (χ2v) is 2.79. The molecule has 0 fully saturated rings. The molecule has 0 aliphatic rings. The summed E-state index contributed by atoms with van der Waals surface area (Å²) in [7, 11) is 2.44. The molecule has 0 radical (unpaired) electrons. The summed E-state index contributed by atoms with van der Waals surface area (Å²) in [6.07, 6.45) is 0.788. The van der Waals surface area contributed by atoms with Gasteiger partial charge in [0.2, 0.25) is 0 Å². The smallest absolute Gasteiger partial charge is 0.0448 e. The highest BCUT2D eigenvalue weighted by Crippen LogP contribution is 2.07. The summed E-state index contributed by atoms with van der Waals surface area (Å²) >= 11 is 0. The molecule has 2 nitrogen and oxygen atoms in total. The molecule has 0 bridgehead atoms. The number of aliphatic hydroxyl groups excluding tert-OH is 1. The molecule has 2 N–H and O–H groups in total. The van der Waals surface area contributed by atoms with Crippen molar-refractivity contribution >= 4 is 9.39 Å². The Morgan fingerprint density at radius 2 is 2.12 bits per heavy atom. The van der Waals surface area contributed by atoms with Crippen molar-refractivity contribution in [3.63, 3.8) is 0 Å². The molecule has 0 heterocycles. The fourth-order valence-electron chi connectivity index (χ4n) is 0.352. The summed E-state index contributed by atoms with van der Waals surface area (Å²) < 4.78 is 0. The van der Waals surface area contributed by atoms with Gasteiger partial charge in [0.15, 0.2) is 0 Å². The van der Waals surface area contributed by atoms with E-state index in [4.69, 9.17) is 5.11 Å². The molecule has 0 aromatic carbocycles. The summed E-state index contributed by atoms with van der Waals surface area (Å²) in [5.74, 6) is 0. The van der Waals surface area contributed by atoms with Gasteiger partial charge < -0.3 is 5.11 Å². The van der Waals surface area contributed by atoms with Crippen LogP contribution in [0.1, 0.15) is 20.3 Å². The average Bonchev–Trinajstić information content (AvgIpc) is 1.67. The van der Waals surface area contributed by atoms with E-state index < -0.39 is 0 Å². The van der Waals surface area contributed by atoms with Crippen LogP contribution in [0.25, 0.3) is 0 Å². The third-order valence-corrected chi connectivity index (χ3v) is 1.91. The maximum Gasteiger partial charge on any atom is 0.0448 e. The van der Waals surface area contributed by atoms with Gasteiger partial charge in [-0.25, -0.2) is 0 Å². The van der Waals surface area contributed by atoms with E-state index in [2.05, 4.69) is 14.5 Å². The number of rotatable bonds is 3. The highest BCUT2D eigenvalue weighted by Gasteiger charge is 2.12. The lowest BCUT2D eigenvalue weighted by Gasteiger charge is -2.21. The predicted molar refractivity (Wildman–Crippen MR) is 38.6 cm³/mol. The van der Waals surface area contributed by atoms with E-state index in [1.54, 1.807) is 0 Å². The first-order valence-electron chi connectivity index (χ1n) is 2.71. The Morgan fingerprint density at radius 3 is 2.25 bits per heavy atom. The van der Waals surface area contributed by atoms with E-state index >= 15 is 0 Å². The zero-order chi connectivity index (χ0) is 6.62. The Hall–Kier alpha value is 0.350. The SMILES string of the molecule is CC(C)(CCO)NP. The first-order chi connectivity index (χ1) is 3.62. The minimum atomic E-state index is 0.0550. The van der Waals surface area contributed by atoms with E-state index in [0.717, 1.165) is 6.42 Å². The van der Waals surface area contributed by atoms with E-state index in [1.807, 2.05) is 13.8 Å². The maximum absolute atomic E-state index is 8.48. The van der Waals surface area contributed by atoms with Crippen molar-refractivity contribution in [3.05, 3.63) is 0 Å². The Bertz CT molecular complexity index is 65.4. The molecule has 0 spiro atoms. The van der Waals surface area contributed by atoms with Crippen molar-refractivity contribution in [2.24, 2.45) is 0 Å². The van der Waals surface area contributed by atoms with Crippen LogP contribution in [0.15, 0.2) is 0 Å². The second-order valence-electron chi connectivity index (χ2n) is 2.50. The van der Waals surface area contributed by atoms with Crippen LogP contribution < -0.4 is 5.09 Å². The maximum atomic E-state index is 8.48. The van der Waals surface area contributed by atoms with Crippen molar-refractivity contribution in [2.75, 3.05) is 6.61 Å². The van der Waals surface area contributed by atoms with E-state index in [1.165, 1.54) is 0 Å². The molecule has 0 aromatic heterocycles. The van der Waals surface area contributed by atoms with Gasteiger partial charge in [0.25, 0.3) is 0 Å². The Kier molecular flexibility index (Phi) is 3.54. The molecular formula is C5H14NOP. The third kappa shape index (κ3) is 3.36. The second kappa shape index (κ2) is 3.39. The van der Waals surface area contributed by atoms with Gasteiger partial charge >= 0.3 is 0 Å². The molecule has 0 rings (SSSR count). The minimum Gasteiger partial charge on any atom is -0.396 e. The average molecular weight is 135 g/mol. The Balaban J connectivity index is 3.37. The quantitative estimate of drug-likeness (QED) is 0.553. The van der Waals surface area contributed by atoms with Gasteiger partial charge in [-0.3, -0.25) is 5.09 Å². The fraction of sp³-hybridized carbons (Fsp3) is 1.00.